The summed E-state index contributed by atoms with van der Waals surface area (Å²) in [6, 6.07) is 0. The SMILES string of the molecule is Cc1cnn(CC2CN(c3ncnc4sc5c(c34)CCC5)CCO2)c1. The Morgan fingerprint density at radius 1 is 1.32 bits per heavy atom. The molecule has 0 N–H and O–H groups in total. The number of rotatable bonds is 3. The maximum atomic E-state index is 5.99. The average molecular weight is 355 g/mol. The lowest BCUT2D eigenvalue weighted by atomic mass is 10.1. The van der Waals surface area contributed by atoms with Crippen LogP contribution in [0.1, 0.15) is 22.4 Å². The molecule has 0 spiro atoms. The number of ether oxygens (including phenoxy) is 1. The summed E-state index contributed by atoms with van der Waals surface area (Å²) >= 11 is 1.85. The van der Waals surface area contributed by atoms with E-state index in [0.717, 1.165) is 43.3 Å². The molecule has 5 rings (SSSR count). The first-order valence-electron chi connectivity index (χ1n) is 8.89. The van der Waals surface area contributed by atoms with Crippen LogP contribution in [0.15, 0.2) is 18.7 Å². The number of anilines is 1. The van der Waals surface area contributed by atoms with Gasteiger partial charge in [-0.05, 0) is 37.3 Å². The second-order valence-corrected chi connectivity index (χ2v) is 8.00. The minimum absolute atomic E-state index is 0.129. The van der Waals surface area contributed by atoms with Crippen molar-refractivity contribution in [3.05, 3.63) is 34.7 Å². The van der Waals surface area contributed by atoms with Gasteiger partial charge in [0.15, 0.2) is 0 Å². The van der Waals surface area contributed by atoms with Gasteiger partial charge in [-0.15, -0.1) is 11.3 Å². The van der Waals surface area contributed by atoms with E-state index in [2.05, 4.69) is 33.1 Å². The third-order valence-electron chi connectivity index (χ3n) is 5.07. The highest BCUT2D eigenvalue weighted by Crippen LogP contribution is 2.40. The summed E-state index contributed by atoms with van der Waals surface area (Å²) in [7, 11) is 0. The summed E-state index contributed by atoms with van der Waals surface area (Å²) in [5, 5.41) is 5.68. The molecule has 2 aliphatic rings. The lowest BCUT2D eigenvalue weighted by Gasteiger charge is -2.34. The summed E-state index contributed by atoms with van der Waals surface area (Å²) in [5.41, 5.74) is 2.67. The van der Waals surface area contributed by atoms with Crippen LogP contribution in [0.5, 0.6) is 0 Å². The van der Waals surface area contributed by atoms with Crippen molar-refractivity contribution in [2.24, 2.45) is 0 Å². The number of fused-ring (bicyclic) bond motifs is 3. The summed E-state index contributed by atoms with van der Waals surface area (Å²) in [5.74, 6) is 1.09. The minimum Gasteiger partial charge on any atom is -0.373 e. The van der Waals surface area contributed by atoms with Crippen LogP contribution in [0.2, 0.25) is 0 Å². The molecule has 1 aliphatic carbocycles. The molecule has 0 saturated carbocycles. The Balaban J connectivity index is 1.44. The largest absolute Gasteiger partial charge is 0.373 e. The van der Waals surface area contributed by atoms with E-state index >= 15 is 0 Å². The normalized spacial score (nSPS) is 20.4. The number of aromatic nitrogens is 4. The molecule has 1 aliphatic heterocycles. The van der Waals surface area contributed by atoms with Crippen molar-refractivity contribution in [1.82, 2.24) is 19.7 Å². The van der Waals surface area contributed by atoms with Crippen molar-refractivity contribution in [2.45, 2.75) is 38.8 Å². The number of hydrogen-bond acceptors (Lipinski definition) is 6. The molecule has 0 radical (unpaired) electrons. The highest BCUT2D eigenvalue weighted by atomic mass is 32.1. The van der Waals surface area contributed by atoms with Gasteiger partial charge in [-0.3, -0.25) is 4.68 Å². The van der Waals surface area contributed by atoms with Gasteiger partial charge in [-0.2, -0.15) is 5.10 Å². The van der Waals surface area contributed by atoms with E-state index in [4.69, 9.17) is 4.74 Å². The van der Waals surface area contributed by atoms with Crippen molar-refractivity contribution in [2.75, 3.05) is 24.6 Å². The number of thiophene rings is 1. The maximum Gasteiger partial charge on any atom is 0.141 e. The van der Waals surface area contributed by atoms with E-state index < -0.39 is 0 Å². The van der Waals surface area contributed by atoms with Crippen LogP contribution < -0.4 is 4.90 Å². The number of morpholine rings is 1. The van der Waals surface area contributed by atoms with Gasteiger partial charge >= 0.3 is 0 Å². The topological polar surface area (TPSA) is 56.1 Å². The van der Waals surface area contributed by atoms with Gasteiger partial charge in [0.1, 0.15) is 17.0 Å². The van der Waals surface area contributed by atoms with Gasteiger partial charge in [0, 0.05) is 24.2 Å². The molecule has 3 aromatic rings. The predicted octanol–water partition coefficient (Wildman–Crippen LogP) is 2.59. The van der Waals surface area contributed by atoms with Crippen molar-refractivity contribution in [1.29, 1.82) is 0 Å². The molecule has 1 fully saturated rings. The Bertz CT molecular complexity index is 917. The molecule has 0 aromatic carbocycles. The van der Waals surface area contributed by atoms with Crippen molar-refractivity contribution < 1.29 is 4.74 Å². The van der Waals surface area contributed by atoms with Crippen LogP contribution in [-0.2, 0) is 24.1 Å². The van der Waals surface area contributed by atoms with E-state index in [1.165, 1.54) is 34.2 Å². The average Bonchev–Trinajstić information content (AvgIpc) is 3.30. The smallest absolute Gasteiger partial charge is 0.141 e. The number of hydrogen-bond donors (Lipinski definition) is 0. The number of aryl methyl sites for hydroxylation is 3. The van der Waals surface area contributed by atoms with Gasteiger partial charge in [-0.25, -0.2) is 9.97 Å². The predicted molar refractivity (Wildman–Crippen MR) is 98.4 cm³/mol. The van der Waals surface area contributed by atoms with Crippen molar-refractivity contribution in [3.63, 3.8) is 0 Å². The molecule has 1 unspecified atom stereocenters. The molecule has 6 nitrogen and oxygen atoms in total. The van der Waals surface area contributed by atoms with E-state index in [0.29, 0.717) is 0 Å². The fourth-order valence-corrected chi connectivity index (χ4v) is 5.17. The van der Waals surface area contributed by atoms with Crippen LogP contribution in [0.3, 0.4) is 0 Å². The highest BCUT2D eigenvalue weighted by molar-refractivity contribution is 7.19. The first-order valence-corrected chi connectivity index (χ1v) is 9.70. The third-order valence-corrected chi connectivity index (χ3v) is 6.27. The molecule has 3 aromatic heterocycles. The molecular formula is C18H21N5OS. The molecule has 0 amide bonds. The van der Waals surface area contributed by atoms with Crippen LogP contribution in [-0.4, -0.2) is 45.5 Å². The fraction of sp³-hybridized carbons (Fsp3) is 0.500. The third kappa shape index (κ3) is 2.71. The minimum atomic E-state index is 0.129. The Labute approximate surface area is 150 Å². The lowest BCUT2D eigenvalue weighted by molar-refractivity contribution is 0.0272. The van der Waals surface area contributed by atoms with Crippen LogP contribution in [0, 0.1) is 6.92 Å². The molecule has 1 atom stereocenters. The van der Waals surface area contributed by atoms with Crippen molar-refractivity contribution >= 4 is 27.4 Å². The quantitative estimate of drug-likeness (QED) is 0.723. The Kier molecular flexibility index (Phi) is 3.71. The molecule has 25 heavy (non-hydrogen) atoms. The van der Waals surface area contributed by atoms with Crippen molar-refractivity contribution in [3.8, 4) is 0 Å². The monoisotopic (exact) mass is 355 g/mol. The zero-order valence-corrected chi connectivity index (χ0v) is 15.1. The zero-order chi connectivity index (χ0) is 16.8. The second kappa shape index (κ2) is 6.07. The van der Waals surface area contributed by atoms with E-state index in [9.17, 15) is 0 Å². The van der Waals surface area contributed by atoms with Gasteiger partial charge < -0.3 is 9.64 Å². The Hall–Kier alpha value is -1.99. The van der Waals surface area contributed by atoms with Crippen LogP contribution in [0.25, 0.3) is 10.2 Å². The van der Waals surface area contributed by atoms with E-state index in [-0.39, 0.29) is 6.10 Å². The molecule has 1 saturated heterocycles. The maximum absolute atomic E-state index is 5.99. The second-order valence-electron chi connectivity index (χ2n) is 6.91. The van der Waals surface area contributed by atoms with Gasteiger partial charge in [0.2, 0.25) is 0 Å². The molecule has 130 valence electrons. The summed E-state index contributed by atoms with van der Waals surface area (Å²) in [6.45, 7) is 5.29. The highest BCUT2D eigenvalue weighted by Gasteiger charge is 2.27. The van der Waals surface area contributed by atoms with Gasteiger partial charge in [0.05, 0.1) is 30.8 Å². The van der Waals surface area contributed by atoms with Crippen LogP contribution >= 0.6 is 11.3 Å². The zero-order valence-electron chi connectivity index (χ0n) is 14.3. The van der Waals surface area contributed by atoms with Gasteiger partial charge in [-0.1, -0.05) is 0 Å². The summed E-state index contributed by atoms with van der Waals surface area (Å²) in [6.07, 6.45) is 9.42. The number of nitrogens with zero attached hydrogens (tertiary/aromatic N) is 5. The molecule has 0 bridgehead atoms. The molecular weight excluding hydrogens is 334 g/mol. The van der Waals surface area contributed by atoms with Crippen LogP contribution in [0.4, 0.5) is 5.82 Å². The Morgan fingerprint density at radius 2 is 2.28 bits per heavy atom. The molecule has 7 heteroatoms. The van der Waals surface area contributed by atoms with E-state index in [1.807, 2.05) is 22.2 Å². The van der Waals surface area contributed by atoms with E-state index in [1.54, 1.807) is 6.33 Å². The Morgan fingerprint density at radius 3 is 3.16 bits per heavy atom. The first kappa shape index (κ1) is 15.3. The van der Waals surface area contributed by atoms with Gasteiger partial charge in [0.25, 0.3) is 0 Å². The molecule has 4 heterocycles. The lowest BCUT2D eigenvalue weighted by Crippen LogP contribution is -2.44. The standard InChI is InChI=1S/C18H21N5OS/c1-12-7-21-23(8-12)10-13-9-22(5-6-24-13)17-16-14-3-2-4-15(14)25-18(16)20-11-19-17/h7-8,11,13H,2-6,9-10H2,1H3. The first-order chi connectivity index (χ1) is 12.3. The summed E-state index contributed by atoms with van der Waals surface area (Å²) < 4.78 is 7.96. The fourth-order valence-electron chi connectivity index (χ4n) is 3.95. The summed E-state index contributed by atoms with van der Waals surface area (Å²) in [4.78, 5) is 14.2.